The van der Waals surface area contributed by atoms with Gasteiger partial charge in [-0.3, -0.25) is 9.59 Å². The van der Waals surface area contributed by atoms with E-state index in [4.69, 9.17) is 9.47 Å². The number of ether oxygens (including phenoxy) is 2. The first-order valence-corrected chi connectivity index (χ1v) is 14.5. The van der Waals surface area contributed by atoms with E-state index in [0.29, 0.717) is 49.7 Å². The maximum atomic E-state index is 11.9. The van der Waals surface area contributed by atoms with Gasteiger partial charge in [0.15, 0.2) is 0 Å². The number of rotatable bonds is 23. The Balaban J connectivity index is 3.51. The lowest BCUT2D eigenvalue weighted by Crippen LogP contribution is -2.14. The third-order valence-electron chi connectivity index (χ3n) is 6.52. The molecular weight excluding hydrogens is 424 g/mol. The molecule has 4 heteroatoms. The Morgan fingerprint density at radius 3 is 1.29 bits per heavy atom. The summed E-state index contributed by atoms with van der Waals surface area (Å²) in [4.78, 5) is 23.5. The van der Waals surface area contributed by atoms with Crippen LogP contribution in [0.3, 0.4) is 0 Å². The fourth-order valence-corrected chi connectivity index (χ4v) is 4.22. The minimum atomic E-state index is -0.0322. The average molecular weight is 483 g/mol. The van der Waals surface area contributed by atoms with Crippen molar-refractivity contribution in [2.45, 2.75) is 144 Å². The van der Waals surface area contributed by atoms with Gasteiger partial charge in [-0.25, -0.2) is 0 Å². The second kappa shape index (κ2) is 22.4. The Bertz CT molecular complexity index is 484. The Morgan fingerprint density at radius 2 is 0.882 bits per heavy atom. The fourth-order valence-electron chi connectivity index (χ4n) is 4.22. The van der Waals surface area contributed by atoms with E-state index in [-0.39, 0.29) is 11.9 Å². The van der Waals surface area contributed by atoms with Crippen LogP contribution < -0.4 is 0 Å². The van der Waals surface area contributed by atoms with E-state index in [1.807, 2.05) is 0 Å². The zero-order valence-electron chi connectivity index (χ0n) is 23.7. The lowest BCUT2D eigenvalue weighted by Gasteiger charge is -2.20. The zero-order valence-corrected chi connectivity index (χ0v) is 23.7. The summed E-state index contributed by atoms with van der Waals surface area (Å²) in [6, 6.07) is 0. The maximum Gasteiger partial charge on any atom is 0.305 e. The highest BCUT2D eigenvalue weighted by Crippen LogP contribution is 2.24. The largest absolute Gasteiger partial charge is 0.465 e. The molecule has 0 fully saturated rings. The first-order chi connectivity index (χ1) is 16.2. The Hall–Kier alpha value is -1.06. The topological polar surface area (TPSA) is 52.6 Å². The van der Waals surface area contributed by atoms with E-state index in [2.05, 4.69) is 41.5 Å². The molecule has 0 rings (SSSR count). The Morgan fingerprint density at radius 1 is 0.500 bits per heavy atom. The maximum absolute atomic E-state index is 11.9. The van der Waals surface area contributed by atoms with Crippen LogP contribution in [0.2, 0.25) is 0 Å². The third-order valence-corrected chi connectivity index (χ3v) is 6.52. The first kappa shape index (κ1) is 32.9. The molecule has 34 heavy (non-hydrogen) atoms. The summed E-state index contributed by atoms with van der Waals surface area (Å²) in [7, 11) is 0. The van der Waals surface area contributed by atoms with Crippen molar-refractivity contribution in [1.29, 1.82) is 0 Å². The van der Waals surface area contributed by atoms with Crippen LogP contribution in [0.25, 0.3) is 0 Å². The molecule has 0 spiro atoms. The van der Waals surface area contributed by atoms with Gasteiger partial charge in [-0.1, -0.05) is 119 Å². The fraction of sp³-hybridized carbons (Fsp3) is 0.933. The van der Waals surface area contributed by atoms with E-state index in [1.54, 1.807) is 0 Å². The quantitative estimate of drug-likeness (QED) is 0.108. The molecule has 0 aliphatic rings. The normalized spacial score (nSPS) is 12.5. The molecule has 0 aromatic rings. The van der Waals surface area contributed by atoms with E-state index in [0.717, 1.165) is 19.3 Å². The number of carbonyl (C=O) groups excluding carboxylic acids is 2. The summed E-state index contributed by atoms with van der Waals surface area (Å²) in [5.41, 5.74) is 0. The van der Waals surface area contributed by atoms with Gasteiger partial charge in [0.05, 0.1) is 13.2 Å². The minimum Gasteiger partial charge on any atom is -0.465 e. The van der Waals surface area contributed by atoms with E-state index >= 15 is 0 Å². The molecule has 0 N–H and O–H groups in total. The van der Waals surface area contributed by atoms with Crippen molar-refractivity contribution in [3.8, 4) is 0 Å². The molecule has 0 radical (unpaired) electrons. The molecule has 4 nitrogen and oxygen atoms in total. The van der Waals surface area contributed by atoms with Gasteiger partial charge in [0, 0.05) is 12.8 Å². The molecule has 0 aromatic carbocycles. The molecule has 0 aliphatic heterocycles. The van der Waals surface area contributed by atoms with Crippen LogP contribution in [0, 0.1) is 23.7 Å². The molecule has 0 saturated heterocycles. The summed E-state index contributed by atoms with van der Waals surface area (Å²) in [5.74, 6) is 2.04. The van der Waals surface area contributed by atoms with Crippen LogP contribution >= 0.6 is 0 Å². The van der Waals surface area contributed by atoms with Gasteiger partial charge in [-0.05, 0) is 36.5 Å². The molecule has 0 heterocycles. The number of unbranched alkanes of at least 4 members (excludes halogenated alkanes) is 11. The second-order valence-corrected chi connectivity index (χ2v) is 11.5. The highest BCUT2D eigenvalue weighted by molar-refractivity contribution is 5.69. The van der Waals surface area contributed by atoms with E-state index in [1.165, 1.54) is 70.6 Å². The molecular formula is C30H58O4. The van der Waals surface area contributed by atoms with Gasteiger partial charge in [0.25, 0.3) is 0 Å². The van der Waals surface area contributed by atoms with Gasteiger partial charge in [-0.15, -0.1) is 0 Å². The zero-order chi connectivity index (χ0) is 25.6. The SMILES string of the molecule is CC(C)COC(=O)CCCCCCCCCCCCCCC(CCC(=O)OCC(C)C)C(C)C. The monoisotopic (exact) mass is 482 g/mol. The molecule has 202 valence electrons. The van der Waals surface area contributed by atoms with E-state index < -0.39 is 0 Å². The van der Waals surface area contributed by atoms with Crippen molar-refractivity contribution >= 4 is 11.9 Å². The molecule has 0 aromatic heterocycles. The highest BCUT2D eigenvalue weighted by Gasteiger charge is 2.15. The summed E-state index contributed by atoms with van der Waals surface area (Å²) in [6.45, 7) is 13.9. The van der Waals surface area contributed by atoms with Crippen molar-refractivity contribution in [3.63, 3.8) is 0 Å². The number of esters is 2. The van der Waals surface area contributed by atoms with Crippen LogP contribution in [0.4, 0.5) is 0 Å². The molecule has 0 saturated carbocycles. The number of hydrogen-bond donors (Lipinski definition) is 0. The highest BCUT2D eigenvalue weighted by atomic mass is 16.5. The van der Waals surface area contributed by atoms with Crippen LogP contribution in [0.5, 0.6) is 0 Å². The smallest absolute Gasteiger partial charge is 0.305 e. The molecule has 1 unspecified atom stereocenters. The van der Waals surface area contributed by atoms with Crippen molar-refractivity contribution < 1.29 is 19.1 Å². The van der Waals surface area contributed by atoms with Gasteiger partial charge in [-0.2, -0.15) is 0 Å². The molecule has 1 atom stereocenters. The third kappa shape index (κ3) is 22.7. The van der Waals surface area contributed by atoms with Gasteiger partial charge >= 0.3 is 11.9 Å². The first-order valence-electron chi connectivity index (χ1n) is 14.5. The second-order valence-electron chi connectivity index (χ2n) is 11.5. The van der Waals surface area contributed by atoms with Crippen molar-refractivity contribution in [2.75, 3.05) is 13.2 Å². The Labute approximate surface area is 212 Å². The molecule has 0 aliphatic carbocycles. The van der Waals surface area contributed by atoms with Gasteiger partial charge in [0.2, 0.25) is 0 Å². The van der Waals surface area contributed by atoms with Gasteiger partial charge in [0.1, 0.15) is 0 Å². The lowest BCUT2D eigenvalue weighted by atomic mass is 9.86. The lowest BCUT2D eigenvalue weighted by molar-refractivity contribution is -0.145. The molecule has 0 amide bonds. The summed E-state index contributed by atoms with van der Waals surface area (Å²) in [5, 5.41) is 0. The summed E-state index contributed by atoms with van der Waals surface area (Å²) >= 11 is 0. The predicted octanol–water partition coefficient (Wildman–Crippen LogP) is 8.90. The van der Waals surface area contributed by atoms with Crippen molar-refractivity contribution in [3.05, 3.63) is 0 Å². The summed E-state index contributed by atoms with van der Waals surface area (Å²) < 4.78 is 10.5. The van der Waals surface area contributed by atoms with Crippen LogP contribution in [0.15, 0.2) is 0 Å². The Kier molecular flexibility index (Phi) is 21.7. The van der Waals surface area contributed by atoms with Crippen LogP contribution in [-0.2, 0) is 19.1 Å². The number of hydrogen-bond acceptors (Lipinski definition) is 4. The molecule has 0 bridgehead atoms. The van der Waals surface area contributed by atoms with Crippen LogP contribution in [-0.4, -0.2) is 25.2 Å². The van der Waals surface area contributed by atoms with Crippen molar-refractivity contribution in [1.82, 2.24) is 0 Å². The minimum absolute atomic E-state index is 0.0267. The van der Waals surface area contributed by atoms with E-state index in [9.17, 15) is 9.59 Å². The van der Waals surface area contributed by atoms with Gasteiger partial charge < -0.3 is 9.47 Å². The van der Waals surface area contributed by atoms with Crippen molar-refractivity contribution in [2.24, 2.45) is 23.7 Å². The summed E-state index contributed by atoms with van der Waals surface area (Å²) in [6.07, 6.45) is 18.7. The predicted molar refractivity (Wildman–Crippen MR) is 144 cm³/mol. The van der Waals surface area contributed by atoms with Crippen LogP contribution in [0.1, 0.15) is 144 Å². The standard InChI is InChI=1S/C30H58O4/c1-25(2)23-33-29(31)20-18-16-14-12-10-8-7-9-11-13-15-17-19-28(27(5)6)21-22-30(32)34-24-26(3)4/h25-28H,7-24H2,1-6H3. The average Bonchev–Trinajstić information content (AvgIpc) is 2.77. The number of carbonyl (C=O) groups is 2.